The second-order valence-electron chi connectivity index (χ2n) is 6.88. The largest absolute Gasteiger partial charge is 0.323 e. The van der Waals surface area contributed by atoms with E-state index < -0.39 is 10.8 Å². The summed E-state index contributed by atoms with van der Waals surface area (Å²) in [4.78, 5) is 0. The van der Waals surface area contributed by atoms with E-state index in [4.69, 9.17) is 5.73 Å². The highest BCUT2D eigenvalue weighted by Gasteiger charge is 2.34. The summed E-state index contributed by atoms with van der Waals surface area (Å²) in [6.07, 6.45) is 7.98. The summed E-state index contributed by atoms with van der Waals surface area (Å²) in [5.41, 5.74) is 9.14. The van der Waals surface area contributed by atoms with Gasteiger partial charge in [0.2, 0.25) is 0 Å². The highest BCUT2D eigenvalue weighted by Crippen LogP contribution is 2.35. The number of aryl methyl sites for hydroxylation is 1. The maximum absolute atomic E-state index is 13.1. The van der Waals surface area contributed by atoms with E-state index in [1.807, 2.05) is 0 Å². The molecule has 21 heavy (non-hydrogen) atoms. The fraction of sp³-hybridized carbons (Fsp3) is 0.667. The Labute approximate surface area is 131 Å². The van der Waals surface area contributed by atoms with Gasteiger partial charge in [0.25, 0.3) is 0 Å². The zero-order chi connectivity index (χ0) is 14.8. The summed E-state index contributed by atoms with van der Waals surface area (Å²) < 4.78 is 13.1. The molecule has 1 aromatic carbocycles. The van der Waals surface area contributed by atoms with Crippen LogP contribution in [0.15, 0.2) is 24.3 Å². The molecule has 1 saturated carbocycles. The molecule has 3 heteroatoms. The van der Waals surface area contributed by atoms with Gasteiger partial charge in [-0.15, -0.1) is 0 Å². The highest BCUT2D eigenvalue weighted by molar-refractivity contribution is 7.86. The van der Waals surface area contributed by atoms with E-state index in [0.29, 0.717) is 5.25 Å². The van der Waals surface area contributed by atoms with Gasteiger partial charge in [0, 0.05) is 22.1 Å². The van der Waals surface area contributed by atoms with Crippen LogP contribution in [0.3, 0.4) is 0 Å². The lowest BCUT2D eigenvalue weighted by Gasteiger charge is -2.31. The number of hydrogen-bond acceptors (Lipinski definition) is 2. The fourth-order valence-corrected chi connectivity index (χ4v) is 6.30. The minimum absolute atomic E-state index is 0.0539. The van der Waals surface area contributed by atoms with Gasteiger partial charge < -0.3 is 5.73 Å². The van der Waals surface area contributed by atoms with Crippen LogP contribution in [-0.2, 0) is 17.2 Å². The van der Waals surface area contributed by atoms with Crippen LogP contribution < -0.4 is 5.73 Å². The molecular weight excluding hydrogens is 278 g/mol. The first-order chi connectivity index (χ1) is 10.2. The third-order valence-corrected chi connectivity index (χ3v) is 7.48. The van der Waals surface area contributed by atoms with Gasteiger partial charge in [-0.25, -0.2) is 0 Å². The van der Waals surface area contributed by atoms with Gasteiger partial charge in [0.1, 0.15) is 0 Å². The molecule has 2 aliphatic rings. The molecular formula is C18H27NOS. The Morgan fingerprint density at radius 1 is 1.14 bits per heavy atom. The van der Waals surface area contributed by atoms with Gasteiger partial charge in [-0.2, -0.15) is 0 Å². The maximum atomic E-state index is 13.1. The minimum atomic E-state index is -0.787. The van der Waals surface area contributed by atoms with Crippen LogP contribution in [0.5, 0.6) is 0 Å². The molecule has 1 fully saturated rings. The van der Waals surface area contributed by atoms with Gasteiger partial charge in [-0.3, -0.25) is 4.21 Å². The topological polar surface area (TPSA) is 43.1 Å². The van der Waals surface area contributed by atoms with Crippen molar-refractivity contribution in [3.8, 4) is 0 Å². The first kappa shape index (κ1) is 15.2. The fourth-order valence-electron chi connectivity index (χ4n) is 4.06. The second-order valence-corrected chi connectivity index (χ2v) is 8.81. The summed E-state index contributed by atoms with van der Waals surface area (Å²) >= 11 is 0. The molecule has 5 unspecified atom stereocenters. The van der Waals surface area contributed by atoms with Gasteiger partial charge in [-0.05, 0) is 49.1 Å². The van der Waals surface area contributed by atoms with Crippen molar-refractivity contribution >= 4 is 10.8 Å². The number of rotatable bonds is 2. The third kappa shape index (κ3) is 3.24. The normalized spacial score (nSPS) is 34.8. The lowest BCUT2D eigenvalue weighted by atomic mass is 9.90. The third-order valence-electron chi connectivity index (χ3n) is 5.26. The van der Waals surface area contributed by atoms with Crippen LogP contribution in [0.1, 0.15) is 62.6 Å². The second kappa shape index (κ2) is 6.62. The zero-order valence-corrected chi connectivity index (χ0v) is 13.8. The van der Waals surface area contributed by atoms with Crippen LogP contribution in [0.2, 0.25) is 0 Å². The van der Waals surface area contributed by atoms with Crippen LogP contribution in [0.4, 0.5) is 0 Å². The Balaban J connectivity index is 1.80. The first-order valence-corrected chi connectivity index (χ1v) is 9.67. The van der Waals surface area contributed by atoms with Crippen molar-refractivity contribution < 1.29 is 4.21 Å². The summed E-state index contributed by atoms with van der Waals surface area (Å²) in [7, 11) is -0.787. The van der Waals surface area contributed by atoms with E-state index >= 15 is 0 Å². The Kier molecular flexibility index (Phi) is 4.80. The van der Waals surface area contributed by atoms with Crippen molar-refractivity contribution in [2.75, 3.05) is 0 Å². The van der Waals surface area contributed by atoms with Crippen LogP contribution >= 0.6 is 0 Å². The molecule has 0 aliphatic heterocycles. The quantitative estimate of drug-likeness (QED) is 0.846. The summed E-state index contributed by atoms with van der Waals surface area (Å²) in [6.45, 7) is 2.30. The Morgan fingerprint density at radius 3 is 2.76 bits per heavy atom. The molecule has 0 bridgehead atoms. The van der Waals surface area contributed by atoms with Crippen molar-refractivity contribution in [1.29, 1.82) is 0 Å². The summed E-state index contributed by atoms with van der Waals surface area (Å²) in [5.74, 6) is 0.724. The van der Waals surface area contributed by atoms with Crippen LogP contribution in [0.25, 0.3) is 0 Å². The number of hydrogen-bond donors (Lipinski definition) is 1. The molecule has 0 amide bonds. The summed E-state index contributed by atoms with van der Waals surface area (Å²) in [6, 6.07) is 8.42. The summed E-state index contributed by atoms with van der Waals surface area (Å²) in [5, 5.41) is 0.513. The lowest BCUT2D eigenvalue weighted by molar-refractivity contribution is 0.386. The predicted molar refractivity (Wildman–Crippen MR) is 89.7 cm³/mol. The lowest BCUT2D eigenvalue weighted by Crippen LogP contribution is -2.36. The van der Waals surface area contributed by atoms with Crippen molar-refractivity contribution in [2.24, 2.45) is 11.7 Å². The predicted octanol–water partition coefficient (Wildman–Crippen LogP) is 3.72. The molecule has 0 aromatic heterocycles. The smallest absolute Gasteiger partial charge is 0.0543 e. The molecule has 3 rings (SSSR count). The molecule has 0 saturated heterocycles. The van der Waals surface area contributed by atoms with Crippen molar-refractivity contribution in [1.82, 2.24) is 0 Å². The van der Waals surface area contributed by atoms with Gasteiger partial charge in [0.15, 0.2) is 0 Å². The Bertz CT molecular complexity index is 516. The van der Waals surface area contributed by atoms with Gasteiger partial charge in [0.05, 0.1) is 5.25 Å². The number of benzene rings is 1. The van der Waals surface area contributed by atoms with E-state index in [1.54, 1.807) is 0 Å². The Morgan fingerprint density at radius 2 is 1.95 bits per heavy atom. The number of fused-ring (bicyclic) bond motifs is 1. The molecule has 0 spiro atoms. The van der Waals surface area contributed by atoms with Crippen LogP contribution in [0, 0.1) is 5.92 Å². The van der Waals surface area contributed by atoms with Crippen molar-refractivity contribution in [3.63, 3.8) is 0 Å². The molecule has 2 N–H and O–H groups in total. The average molecular weight is 305 g/mol. The molecule has 2 nitrogen and oxygen atoms in total. The average Bonchev–Trinajstić information content (AvgIpc) is 2.66. The van der Waals surface area contributed by atoms with E-state index in [9.17, 15) is 4.21 Å². The highest BCUT2D eigenvalue weighted by atomic mass is 32.2. The SMILES string of the molecule is CC1CCCC(S(=O)C2CCCc3ccccc3C2N)C1. The van der Waals surface area contributed by atoms with Crippen molar-refractivity contribution in [3.05, 3.63) is 35.4 Å². The monoisotopic (exact) mass is 305 g/mol. The maximum Gasteiger partial charge on any atom is 0.0543 e. The van der Waals surface area contributed by atoms with Gasteiger partial charge >= 0.3 is 0 Å². The minimum Gasteiger partial charge on any atom is -0.323 e. The Hall–Kier alpha value is -0.670. The number of nitrogens with two attached hydrogens (primary N) is 1. The molecule has 0 heterocycles. The molecule has 2 aliphatic carbocycles. The van der Waals surface area contributed by atoms with E-state index in [2.05, 4.69) is 31.2 Å². The molecule has 116 valence electrons. The molecule has 0 radical (unpaired) electrons. The van der Waals surface area contributed by atoms with Crippen LogP contribution in [-0.4, -0.2) is 14.7 Å². The zero-order valence-electron chi connectivity index (χ0n) is 13.0. The van der Waals surface area contributed by atoms with E-state index in [1.165, 1.54) is 24.0 Å². The van der Waals surface area contributed by atoms with E-state index in [0.717, 1.165) is 38.0 Å². The standard InChI is InChI=1S/C18H27NOS/c1-13-6-4-9-15(12-13)21(20)17-11-5-8-14-7-2-3-10-16(14)18(17)19/h2-3,7,10,13,15,17-18H,4-6,8-9,11-12,19H2,1H3. The van der Waals surface area contributed by atoms with Crippen molar-refractivity contribution in [2.45, 2.75) is 68.4 Å². The molecule has 1 aromatic rings. The first-order valence-electron chi connectivity index (χ1n) is 8.39. The van der Waals surface area contributed by atoms with E-state index in [-0.39, 0.29) is 11.3 Å². The van der Waals surface area contributed by atoms with Gasteiger partial charge in [-0.1, -0.05) is 44.0 Å². The molecule has 5 atom stereocenters.